The van der Waals surface area contributed by atoms with Gasteiger partial charge in [-0.1, -0.05) is 13.0 Å². The van der Waals surface area contributed by atoms with Gasteiger partial charge in [0, 0.05) is 44.7 Å². The van der Waals surface area contributed by atoms with Crippen molar-refractivity contribution in [3.8, 4) is 5.75 Å². The largest absolute Gasteiger partial charge is 0.508 e. The Hall–Kier alpha value is -2.37. The van der Waals surface area contributed by atoms with E-state index in [4.69, 9.17) is 0 Å². The van der Waals surface area contributed by atoms with E-state index in [-0.39, 0.29) is 35.6 Å². The number of nitrogens with one attached hydrogen (secondary N) is 3. The molecule has 0 atom stereocenters. The van der Waals surface area contributed by atoms with Crippen molar-refractivity contribution in [1.82, 2.24) is 30.7 Å². The number of aryl methyl sites for hydroxylation is 1. The summed E-state index contributed by atoms with van der Waals surface area (Å²) < 4.78 is 2.02. The third-order valence-electron chi connectivity index (χ3n) is 4.00. The number of benzene rings is 1. The Kier molecular flexibility index (Phi) is 11.7. The molecule has 10 heteroatoms. The van der Waals surface area contributed by atoms with Crippen molar-refractivity contribution < 1.29 is 9.90 Å². The molecule has 9 nitrogen and oxygen atoms in total. The standard InChI is InChI=1S/C19H29N7O2.HI/c1-3-17-25-24-14-26(17)12-11-23-19(20-4-2)22-10-6-9-21-18(28)15-7-5-8-16(27)13-15;/h5,7-8,13-14,27H,3-4,6,9-12H2,1-2H3,(H,21,28)(H2,20,22,23);1H. The van der Waals surface area contributed by atoms with Gasteiger partial charge < -0.3 is 25.6 Å². The van der Waals surface area contributed by atoms with E-state index in [0.29, 0.717) is 31.6 Å². The lowest BCUT2D eigenvalue weighted by molar-refractivity contribution is 0.0953. The van der Waals surface area contributed by atoms with E-state index in [2.05, 4.69) is 38.1 Å². The molecule has 1 amide bonds. The highest BCUT2D eigenvalue weighted by molar-refractivity contribution is 14.0. The van der Waals surface area contributed by atoms with E-state index in [1.54, 1.807) is 18.5 Å². The molecule has 0 aliphatic carbocycles. The van der Waals surface area contributed by atoms with E-state index in [1.165, 1.54) is 12.1 Å². The van der Waals surface area contributed by atoms with Gasteiger partial charge in [0.1, 0.15) is 17.9 Å². The molecule has 0 saturated heterocycles. The first-order valence-electron chi connectivity index (χ1n) is 9.60. The summed E-state index contributed by atoms with van der Waals surface area (Å²) in [6, 6.07) is 6.29. The maximum atomic E-state index is 12.0. The van der Waals surface area contributed by atoms with Crippen LogP contribution in [0.5, 0.6) is 5.75 Å². The van der Waals surface area contributed by atoms with Gasteiger partial charge in [0.15, 0.2) is 5.96 Å². The van der Waals surface area contributed by atoms with E-state index in [9.17, 15) is 9.90 Å². The van der Waals surface area contributed by atoms with Crippen LogP contribution in [0, 0.1) is 0 Å². The molecule has 2 aromatic rings. The number of rotatable bonds is 10. The summed E-state index contributed by atoms with van der Waals surface area (Å²) in [4.78, 5) is 16.5. The fourth-order valence-electron chi connectivity index (χ4n) is 2.60. The van der Waals surface area contributed by atoms with E-state index in [0.717, 1.165) is 31.3 Å². The predicted octanol–water partition coefficient (Wildman–Crippen LogP) is 1.54. The number of phenols is 1. The minimum atomic E-state index is -0.203. The third-order valence-corrected chi connectivity index (χ3v) is 4.00. The predicted molar refractivity (Wildman–Crippen MR) is 124 cm³/mol. The Labute approximate surface area is 188 Å². The molecule has 1 heterocycles. The van der Waals surface area contributed by atoms with Crippen molar-refractivity contribution in [3.63, 3.8) is 0 Å². The minimum absolute atomic E-state index is 0. The smallest absolute Gasteiger partial charge is 0.251 e. The van der Waals surface area contributed by atoms with Crippen LogP contribution in [0.25, 0.3) is 0 Å². The highest BCUT2D eigenvalue weighted by Gasteiger charge is 2.05. The van der Waals surface area contributed by atoms with Crippen LogP contribution in [0.2, 0.25) is 0 Å². The zero-order valence-corrected chi connectivity index (χ0v) is 19.2. The highest BCUT2D eigenvalue weighted by Crippen LogP contribution is 2.10. The van der Waals surface area contributed by atoms with E-state index < -0.39 is 0 Å². The number of carbonyl (C=O) groups excluding carboxylic acids is 1. The molecule has 2 rings (SSSR count). The molecule has 0 aliphatic heterocycles. The van der Waals surface area contributed by atoms with Gasteiger partial charge in [0.05, 0.1) is 0 Å². The maximum Gasteiger partial charge on any atom is 0.251 e. The fraction of sp³-hybridized carbons (Fsp3) is 0.474. The number of aromatic nitrogens is 3. The Morgan fingerprint density at radius 1 is 1.21 bits per heavy atom. The summed E-state index contributed by atoms with van der Waals surface area (Å²) in [6.07, 6.45) is 3.30. The lowest BCUT2D eigenvalue weighted by atomic mass is 10.2. The van der Waals surface area contributed by atoms with Gasteiger partial charge in [0.2, 0.25) is 0 Å². The van der Waals surface area contributed by atoms with Gasteiger partial charge in [-0.3, -0.25) is 9.79 Å². The Balaban J connectivity index is 0.00000420. The molecule has 0 bridgehead atoms. The van der Waals surface area contributed by atoms with Gasteiger partial charge in [-0.25, -0.2) is 0 Å². The van der Waals surface area contributed by atoms with Crippen LogP contribution in [0.3, 0.4) is 0 Å². The number of carbonyl (C=O) groups is 1. The second-order valence-corrected chi connectivity index (χ2v) is 6.14. The molecule has 1 aromatic heterocycles. The lowest BCUT2D eigenvalue weighted by Crippen LogP contribution is -2.39. The second-order valence-electron chi connectivity index (χ2n) is 6.14. The maximum absolute atomic E-state index is 12.0. The van der Waals surface area contributed by atoms with Crippen LogP contribution in [0.4, 0.5) is 0 Å². The fourth-order valence-corrected chi connectivity index (χ4v) is 2.60. The molecule has 0 aliphatic rings. The number of hydrogen-bond acceptors (Lipinski definition) is 5. The summed E-state index contributed by atoms with van der Waals surface area (Å²) in [5, 5.41) is 26.7. The van der Waals surface area contributed by atoms with E-state index in [1.807, 2.05) is 11.5 Å². The van der Waals surface area contributed by atoms with Crippen molar-refractivity contribution in [2.75, 3.05) is 26.2 Å². The third kappa shape index (κ3) is 8.67. The quantitative estimate of drug-likeness (QED) is 0.165. The number of aliphatic imine (C=N–C) groups is 1. The summed E-state index contributed by atoms with van der Waals surface area (Å²) in [5.41, 5.74) is 0.443. The average Bonchev–Trinajstić information content (AvgIpc) is 3.15. The lowest BCUT2D eigenvalue weighted by Gasteiger charge is -2.12. The monoisotopic (exact) mass is 515 g/mol. The summed E-state index contributed by atoms with van der Waals surface area (Å²) >= 11 is 0. The Bertz CT molecular complexity index is 779. The van der Waals surface area contributed by atoms with Crippen molar-refractivity contribution >= 4 is 35.8 Å². The molecule has 29 heavy (non-hydrogen) atoms. The topological polar surface area (TPSA) is 116 Å². The van der Waals surface area contributed by atoms with Crippen molar-refractivity contribution in [2.45, 2.75) is 33.2 Å². The van der Waals surface area contributed by atoms with Gasteiger partial charge in [-0.2, -0.15) is 0 Å². The molecular formula is C19H30IN7O2. The number of nitrogens with zero attached hydrogens (tertiary/aromatic N) is 4. The number of hydrogen-bond donors (Lipinski definition) is 4. The average molecular weight is 515 g/mol. The minimum Gasteiger partial charge on any atom is -0.508 e. The molecule has 0 unspecified atom stereocenters. The highest BCUT2D eigenvalue weighted by atomic mass is 127. The van der Waals surface area contributed by atoms with Crippen molar-refractivity contribution in [2.24, 2.45) is 4.99 Å². The Morgan fingerprint density at radius 2 is 2.03 bits per heavy atom. The van der Waals surface area contributed by atoms with Gasteiger partial charge in [-0.15, -0.1) is 34.2 Å². The van der Waals surface area contributed by atoms with Crippen molar-refractivity contribution in [1.29, 1.82) is 0 Å². The van der Waals surface area contributed by atoms with Crippen LogP contribution in [-0.2, 0) is 13.0 Å². The van der Waals surface area contributed by atoms with Crippen LogP contribution in [-0.4, -0.2) is 57.9 Å². The Morgan fingerprint density at radius 3 is 2.76 bits per heavy atom. The molecule has 0 spiro atoms. The zero-order valence-electron chi connectivity index (χ0n) is 16.9. The number of amides is 1. The van der Waals surface area contributed by atoms with Gasteiger partial charge in [-0.05, 0) is 31.5 Å². The molecule has 4 N–H and O–H groups in total. The second kappa shape index (κ2) is 13.7. The SMILES string of the molecule is CCNC(=NCCCNC(=O)c1cccc(O)c1)NCCn1cnnc1CC.I. The van der Waals surface area contributed by atoms with Gasteiger partial charge >= 0.3 is 0 Å². The van der Waals surface area contributed by atoms with Crippen LogP contribution >= 0.6 is 24.0 Å². The molecule has 0 radical (unpaired) electrons. The number of phenolic OH excluding ortho intramolecular Hbond substituents is 1. The number of aromatic hydroxyl groups is 1. The molecule has 160 valence electrons. The molecular weight excluding hydrogens is 485 g/mol. The van der Waals surface area contributed by atoms with Crippen LogP contribution in [0.15, 0.2) is 35.6 Å². The van der Waals surface area contributed by atoms with E-state index >= 15 is 0 Å². The van der Waals surface area contributed by atoms with Crippen molar-refractivity contribution in [3.05, 3.63) is 42.0 Å². The normalized spacial score (nSPS) is 10.9. The first-order chi connectivity index (χ1) is 13.6. The summed E-state index contributed by atoms with van der Waals surface area (Å²) in [5.74, 6) is 1.58. The van der Waals surface area contributed by atoms with Crippen LogP contribution in [0.1, 0.15) is 36.5 Å². The first-order valence-corrected chi connectivity index (χ1v) is 9.60. The molecule has 0 saturated carbocycles. The van der Waals surface area contributed by atoms with Crippen LogP contribution < -0.4 is 16.0 Å². The zero-order chi connectivity index (χ0) is 20.2. The number of guanidine groups is 1. The first kappa shape index (κ1) is 24.7. The molecule has 0 fully saturated rings. The number of halogens is 1. The summed E-state index contributed by atoms with van der Waals surface area (Å²) in [7, 11) is 0. The molecule has 1 aromatic carbocycles. The van der Waals surface area contributed by atoms with Gasteiger partial charge in [0.25, 0.3) is 5.91 Å². The summed E-state index contributed by atoms with van der Waals surface area (Å²) in [6.45, 7) is 7.42.